The molecule has 2 heterocycles. The number of likely N-dealkylation sites (tertiary alicyclic amines) is 1. The molecule has 30 heavy (non-hydrogen) atoms. The fourth-order valence-corrected chi connectivity index (χ4v) is 4.90. The highest BCUT2D eigenvalue weighted by molar-refractivity contribution is 7.13. The molecule has 1 aliphatic rings. The monoisotopic (exact) mass is 422 g/mol. The second-order valence-corrected chi connectivity index (χ2v) is 8.77. The van der Waals surface area contributed by atoms with E-state index in [1.54, 1.807) is 28.4 Å². The third-order valence-electron chi connectivity index (χ3n) is 5.83. The van der Waals surface area contributed by atoms with Crippen molar-refractivity contribution in [3.63, 3.8) is 0 Å². The summed E-state index contributed by atoms with van der Waals surface area (Å²) in [6.07, 6.45) is 1.22. The van der Waals surface area contributed by atoms with Crippen LogP contribution in [-0.2, 0) is 22.4 Å². The van der Waals surface area contributed by atoms with Crippen molar-refractivity contribution < 1.29 is 14.0 Å². The number of carbonyl (C=O) groups is 2. The maximum absolute atomic E-state index is 13.1. The number of carbonyl (C=O) groups excluding carboxylic acids is 2. The van der Waals surface area contributed by atoms with Crippen LogP contribution in [0, 0.1) is 11.2 Å². The van der Waals surface area contributed by atoms with E-state index >= 15 is 0 Å². The molecular formula is C24H23FN2O2S. The van der Waals surface area contributed by atoms with E-state index in [4.69, 9.17) is 5.73 Å². The number of primary amides is 1. The number of nitrogens with two attached hydrogens (primary N) is 1. The largest absolute Gasteiger partial charge is 0.369 e. The molecule has 1 atom stereocenters. The van der Waals surface area contributed by atoms with Gasteiger partial charge in [-0.15, -0.1) is 11.3 Å². The third-order valence-corrected chi connectivity index (χ3v) is 6.73. The summed E-state index contributed by atoms with van der Waals surface area (Å²) in [5, 5.41) is 2.03. The quantitative estimate of drug-likeness (QED) is 0.652. The Hall–Kier alpha value is -2.99. The van der Waals surface area contributed by atoms with Gasteiger partial charge in [-0.2, -0.15) is 0 Å². The summed E-state index contributed by atoms with van der Waals surface area (Å²) in [6, 6.07) is 18.0. The van der Waals surface area contributed by atoms with E-state index in [1.165, 1.54) is 12.1 Å². The number of nitrogens with zero attached hydrogens (tertiary/aromatic N) is 1. The normalized spacial score (nSPS) is 18.5. The molecule has 4 nitrogen and oxygen atoms in total. The summed E-state index contributed by atoms with van der Waals surface area (Å²) in [6.45, 7) is 0.797. The van der Waals surface area contributed by atoms with Gasteiger partial charge in [-0.3, -0.25) is 9.59 Å². The number of halogens is 1. The summed E-state index contributed by atoms with van der Waals surface area (Å²) in [5.41, 5.74) is 7.99. The number of thiophene rings is 1. The Kier molecular flexibility index (Phi) is 5.68. The molecule has 0 saturated carbocycles. The van der Waals surface area contributed by atoms with E-state index in [-0.39, 0.29) is 24.1 Å². The summed E-state index contributed by atoms with van der Waals surface area (Å²) in [4.78, 5) is 28.2. The SMILES string of the molecule is NC(=O)[C@]1(Cc2ccccc2-c2cccs2)CCN(C(=O)Cc2ccc(F)cc2)C1. The van der Waals surface area contributed by atoms with E-state index in [0.29, 0.717) is 25.9 Å². The zero-order valence-electron chi connectivity index (χ0n) is 16.5. The lowest BCUT2D eigenvalue weighted by Gasteiger charge is -2.27. The standard InChI is InChI=1S/C24H23FN2O2S/c25-19-9-7-17(8-10-19)14-22(28)27-12-11-24(16-27,23(26)29)15-18-4-1-2-5-20(18)21-6-3-13-30-21/h1-10,13H,11-12,14-16H2,(H2,26,29)/t24-/m0/s1. The number of hydrogen-bond donors (Lipinski definition) is 1. The molecule has 0 radical (unpaired) electrons. The van der Waals surface area contributed by atoms with Gasteiger partial charge < -0.3 is 10.6 Å². The molecule has 154 valence electrons. The van der Waals surface area contributed by atoms with Gasteiger partial charge in [-0.25, -0.2) is 4.39 Å². The highest BCUT2D eigenvalue weighted by Crippen LogP contribution is 2.38. The van der Waals surface area contributed by atoms with Crippen LogP contribution < -0.4 is 5.73 Å². The summed E-state index contributed by atoms with van der Waals surface area (Å²) < 4.78 is 13.1. The van der Waals surface area contributed by atoms with Crippen molar-refractivity contribution in [2.24, 2.45) is 11.1 Å². The predicted octanol–water partition coefficient (Wildman–Crippen LogP) is 4.04. The molecule has 0 unspecified atom stereocenters. The van der Waals surface area contributed by atoms with E-state index < -0.39 is 5.41 Å². The topological polar surface area (TPSA) is 63.4 Å². The highest BCUT2D eigenvalue weighted by atomic mass is 32.1. The van der Waals surface area contributed by atoms with Gasteiger partial charge in [0, 0.05) is 18.0 Å². The molecule has 1 saturated heterocycles. The van der Waals surface area contributed by atoms with Gasteiger partial charge in [-0.1, -0.05) is 42.5 Å². The van der Waals surface area contributed by atoms with Crippen LogP contribution >= 0.6 is 11.3 Å². The minimum absolute atomic E-state index is 0.0729. The molecule has 2 amide bonds. The van der Waals surface area contributed by atoms with Crippen molar-refractivity contribution in [2.75, 3.05) is 13.1 Å². The van der Waals surface area contributed by atoms with Crippen LogP contribution in [-0.4, -0.2) is 29.8 Å². The van der Waals surface area contributed by atoms with Gasteiger partial charge in [-0.05, 0) is 53.1 Å². The lowest BCUT2D eigenvalue weighted by Crippen LogP contribution is -2.42. The summed E-state index contributed by atoms with van der Waals surface area (Å²) in [7, 11) is 0. The van der Waals surface area contributed by atoms with Crippen molar-refractivity contribution in [3.8, 4) is 10.4 Å². The molecule has 2 aromatic carbocycles. The molecule has 0 aliphatic carbocycles. The predicted molar refractivity (Wildman–Crippen MR) is 116 cm³/mol. The number of benzene rings is 2. The summed E-state index contributed by atoms with van der Waals surface area (Å²) in [5.74, 6) is -0.777. The molecule has 6 heteroatoms. The van der Waals surface area contributed by atoms with Crippen LogP contribution in [0.15, 0.2) is 66.0 Å². The Bertz CT molecular complexity index is 1050. The second-order valence-electron chi connectivity index (χ2n) is 7.82. The third kappa shape index (κ3) is 4.14. The first-order valence-corrected chi connectivity index (χ1v) is 10.8. The maximum atomic E-state index is 13.1. The molecule has 0 spiro atoms. The first kappa shape index (κ1) is 20.3. The Morgan fingerprint density at radius 3 is 2.53 bits per heavy atom. The first-order valence-electron chi connectivity index (χ1n) is 9.91. The second kappa shape index (κ2) is 8.40. The van der Waals surface area contributed by atoms with Crippen molar-refractivity contribution in [2.45, 2.75) is 19.3 Å². The Morgan fingerprint density at radius 1 is 1.07 bits per heavy atom. The number of hydrogen-bond acceptors (Lipinski definition) is 3. The Labute approximate surface area is 179 Å². The zero-order chi connectivity index (χ0) is 21.1. The van der Waals surface area contributed by atoms with Crippen LogP contribution in [0.1, 0.15) is 17.5 Å². The Morgan fingerprint density at radius 2 is 1.83 bits per heavy atom. The Balaban J connectivity index is 1.53. The van der Waals surface area contributed by atoms with Crippen molar-refractivity contribution >= 4 is 23.2 Å². The van der Waals surface area contributed by atoms with Crippen LogP contribution in [0.25, 0.3) is 10.4 Å². The van der Waals surface area contributed by atoms with Crippen LogP contribution in [0.2, 0.25) is 0 Å². The van der Waals surface area contributed by atoms with E-state index in [2.05, 4.69) is 12.1 Å². The van der Waals surface area contributed by atoms with Gasteiger partial charge in [0.25, 0.3) is 0 Å². The average Bonchev–Trinajstić information content (AvgIpc) is 3.41. The first-order chi connectivity index (χ1) is 14.5. The smallest absolute Gasteiger partial charge is 0.227 e. The van der Waals surface area contributed by atoms with Crippen molar-refractivity contribution in [1.29, 1.82) is 0 Å². The highest BCUT2D eigenvalue weighted by Gasteiger charge is 2.45. The van der Waals surface area contributed by atoms with Crippen molar-refractivity contribution in [3.05, 3.63) is 83.0 Å². The lowest BCUT2D eigenvalue weighted by molar-refractivity contribution is -0.131. The van der Waals surface area contributed by atoms with E-state index in [9.17, 15) is 14.0 Å². The molecule has 3 aromatic rings. The molecular weight excluding hydrogens is 399 g/mol. The fraction of sp³-hybridized carbons (Fsp3) is 0.250. The van der Waals surface area contributed by atoms with Gasteiger partial charge in [0.2, 0.25) is 11.8 Å². The van der Waals surface area contributed by atoms with Gasteiger partial charge in [0.1, 0.15) is 5.82 Å². The number of amides is 2. The fourth-order valence-electron chi connectivity index (χ4n) is 4.12. The average molecular weight is 423 g/mol. The minimum atomic E-state index is -0.786. The molecule has 1 aromatic heterocycles. The molecule has 2 N–H and O–H groups in total. The van der Waals surface area contributed by atoms with E-state index in [0.717, 1.165) is 21.6 Å². The summed E-state index contributed by atoms with van der Waals surface area (Å²) >= 11 is 1.66. The zero-order valence-corrected chi connectivity index (χ0v) is 17.3. The van der Waals surface area contributed by atoms with Crippen LogP contribution in [0.3, 0.4) is 0 Å². The molecule has 1 fully saturated rings. The van der Waals surface area contributed by atoms with Gasteiger partial charge >= 0.3 is 0 Å². The van der Waals surface area contributed by atoms with Gasteiger partial charge in [0.15, 0.2) is 0 Å². The van der Waals surface area contributed by atoms with Crippen LogP contribution in [0.4, 0.5) is 4.39 Å². The molecule has 1 aliphatic heterocycles. The van der Waals surface area contributed by atoms with Gasteiger partial charge in [0.05, 0.1) is 11.8 Å². The number of rotatable bonds is 6. The van der Waals surface area contributed by atoms with Crippen molar-refractivity contribution in [1.82, 2.24) is 4.90 Å². The lowest BCUT2D eigenvalue weighted by atomic mass is 9.79. The molecule has 4 rings (SSSR count). The van der Waals surface area contributed by atoms with Crippen LogP contribution in [0.5, 0.6) is 0 Å². The molecule has 0 bridgehead atoms. The van der Waals surface area contributed by atoms with E-state index in [1.807, 2.05) is 29.6 Å². The minimum Gasteiger partial charge on any atom is -0.369 e. The maximum Gasteiger partial charge on any atom is 0.227 e.